The van der Waals surface area contributed by atoms with Crippen molar-refractivity contribution in [2.45, 2.75) is 0 Å². The molecule has 9 aromatic rings. The van der Waals surface area contributed by atoms with Gasteiger partial charge in [-0.05, 0) is 65.7 Å². The van der Waals surface area contributed by atoms with E-state index in [4.69, 9.17) is 0 Å². The molecule has 0 spiro atoms. The molecule has 0 fully saturated rings. The van der Waals surface area contributed by atoms with Crippen molar-refractivity contribution in [3.63, 3.8) is 0 Å². The number of benzene rings is 7. The molecule has 222 valence electrons. The van der Waals surface area contributed by atoms with Gasteiger partial charge in [0.2, 0.25) is 0 Å². The van der Waals surface area contributed by atoms with Crippen LogP contribution in [0.2, 0.25) is 0 Å². The normalized spacial score (nSPS) is 11.3. The highest BCUT2D eigenvalue weighted by molar-refractivity contribution is 6.10. The summed E-state index contributed by atoms with van der Waals surface area (Å²) in [7, 11) is 0. The summed E-state index contributed by atoms with van der Waals surface area (Å²) in [5.74, 6) is 0. The molecule has 7 aromatic carbocycles. The molecule has 2 aromatic heterocycles. The van der Waals surface area contributed by atoms with Gasteiger partial charge in [-0.2, -0.15) is 10.5 Å². The molecule has 0 aliphatic rings. The largest absolute Gasteiger partial charge is 0.309 e. The Labute approximate surface area is 277 Å². The molecule has 9 rings (SSSR count). The van der Waals surface area contributed by atoms with E-state index in [-0.39, 0.29) is 0 Å². The van der Waals surface area contributed by atoms with Gasteiger partial charge in [0.15, 0.2) is 0 Å². The standard InChI is InChI=1S/C44H26N4/c45-27-31-10-9-19-43(48-41-17-7-3-13-37(41)38-14-4-8-18-42(38)48)44(31)34-25-22-30(26-32(34)28-46)29-20-23-33(24-21-29)47-39-15-5-1-11-35(39)36-12-2-6-16-40(36)47/h1-26H. The van der Waals surface area contributed by atoms with Gasteiger partial charge in [-0.25, -0.2) is 0 Å². The highest BCUT2D eigenvalue weighted by Gasteiger charge is 2.20. The molecule has 4 nitrogen and oxygen atoms in total. The van der Waals surface area contributed by atoms with Crippen molar-refractivity contribution in [3.05, 3.63) is 169 Å². The Bertz CT molecular complexity index is 2690. The monoisotopic (exact) mass is 610 g/mol. The third-order valence-corrected chi connectivity index (χ3v) is 9.43. The fourth-order valence-corrected chi connectivity index (χ4v) is 7.32. The molecule has 0 saturated heterocycles. The Morgan fingerprint density at radius 1 is 0.396 bits per heavy atom. The smallest absolute Gasteiger partial charge is 0.0998 e. The molecule has 0 bridgehead atoms. The minimum Gasteiger partial charge on any atom is -0.309 e. The van der Waals surface area contributed by atoms with Crippen LogP contribution < -0.4 is 0 Å². The lowest BCUT2D eigenvalue weighted by Gasteiger charge is -2.17. The first-order valence-electron chi connectivity index (χ1n) is 15.9. The number of para-hydroxylation sites is 4. The lowest BCUT2D eigenvalue weighted by atomic mass is 9.91. The number of hydrogen-bond donors (Lipinski definition) is 0. The quantitative estimate of drug-likeness (QED) is 0.199. The zero-order valence-electron chi connectivity index (χ0n) is 25.8. The average molecular weight is 611 g/mol. The fraction of sp³-hybridized carbons (Fsp3) is 0. The minimum absolute atomic E-state index is 0.517. The second-order valence-electron chi connectivity index (χ2n) is 12.0. The van der Waals surface area contributed by atoms with Crippen molar-refractivity contribution in [2.24, 2.45) is 0 Å². The molecule has 0 atom stereocenters. The summed E-state index contributed by atoms with van der Waals surface area (Å²) in [6.45, 7) is 0. The zero-order chi connectivity index (χ0) is 32.2. The maximum atomic E-state index is 10.5. The molecule has 0 saturated carbocycles. The third-order valence-electron chi connectivity index (χ3n) is 9.43. The number of aromatic nitrogens is 2. The molecule has 48 heavy (non-hydrogen) atoms. The van der Waals surface area contributed by atoms with Crippen molar-refractivity contribution in [2.75, 3.05) is 0 Å². The summed E-state index contributed by atoms with van der Waals surface area (Å²) in [6, 6.07) is 58.8. The van der Waals surface area contributed by atoms with Crippen molar-refractivity contribution < 1.29 is 0 Å². The van der Waals surface area contributed by atoms with Crippen LogP contribution in [0.15, 0.2) is 158 Å². The van der Waals surface area contributed by atoms with Crippen LogP contribution in [0.5, 0.6) is 0 Å². The number of hydrogen-bond acceptors (Lipinski definition) is 2. The van der Waals surface area contributed by atoms with Crippen molar-refractivity contribution in [1.82, 2.24) is 9.13 Å². The topological polar surface area (TPSA) is 57.4 Å². The number of nitrogens with zero attached hydrogens (tertiary/aromatic N) is 4. The van der Waals surface area contributed by atoms with Crippen LogP contribution in [0, 0.1) is 22.7 Å². The Morgan fingerprint density at radius 2 is 0.875 bits per heavy atom. The van der Waals surface area contributed by atoms with Crippen molar-refractivity contribution in [1.29, 1.82) is 10.5 Å². The third kappa shape index (κ3) is 4.07. The minimum atomic E-state index is 0.517. The van der Waals surface area contributed by atoms with Crippen LogP contribution in [-0.2, 0) is 0 Å². The number of rotatable bonds is 4. The van der Waals surface area contributed by atoms with Gasteiger partial charge in [-0.3, -0.25) is 0 Å². The van der Waals surface area contributed by atoms with E-state index < -0.39 is 0 Å². The predicted octanol–water partition coefficient (Wildman–Crippen LogP) is 11.0. The lowest BCUT2D eigenvalue weighted by molar-refractivity contribution is 1.18. The molecule has 0 N–H and O–H groups in total. The fourth-order valence-electron chi connectivity index (χ4n) is 7.32. The van der Waals surface area contributed by atoms with Crippen molar-refractivity contribution in [3.8, 4) is 45.8 Å². The summed E-state index contributed by atoms with van der Waals surface area (Å²) < 4.78 is 4.51. The molecule has 4 heteroatoms. The van der Waals surface area contributed by atoms with Crippen LogP contribution in [0.4, 0.5) is 0 Å². The van der Waals surface area contributed by atoms with Gasteiger partial charge in [0.05, 0.1) is 51.0 Å². The van der Waals surface area contributed by atoms with Gasteiger partial charge in [0.25, 0.3) is 0 Å². The van der Waals surface area contributed by atoms with E-state index in [1.807, 2.05) is 54.6 Å². The summed E-state index contributed by atoms with van der Waals surface area (Å²) in [4.78, 5) is 0. The Morgan fingerprint density at radius 3 is 1.40 bits per heavy atom. The summed E-state index contributed by atoms with van der Waals surface area (Å²) in [6.07, 6.45) is 0. The van der Waals surface area contributed by atoms with Crippen LogP contribution in [0.3, 0.4) is 0 Å². The molecule has 0 unspecified atom stereocenters. The van der Waals surface area contributed by atoms with E-state index in [1.165, 1.54) is 10.8 Å². The number of nitriles is 2. The van der Waals surface area contributed by atoms with E-state index in [9.17, 15) is 10.5 Å². The SMILES string of the molecule is N#Cc1cc(-c2ccc(-n3c4ccccc4c4ccccc43)cc2)ccc1-c1c(C#N)cccc1-n1c2ccccc2c2ccccc21. The average Bonchev–Trinajstić information content (AvgIpc) is 3.67. The molecule has 0 aliphatic carbocycles. The molecule has 0 amide bonds. The summed E-state index contributed by atoms with van der Waals surface area (Å²) in [5, 5.41) is 25.6. The first kappa shape index (κ1) is 27.4. The van der Waals surface area contributed by atoms with Gasteiger partial charge in [0.1, 0.15) is 0 Å². The van der Waals surface area contributed by atoms with Gasteiger partial charge in [-0.1, -0.05) is 103 Å². The highest BCUT2D eigenvalue weighted by atomic mass is 15.0. The molecule has 0 aliphatic heterocycles. The van der Waals surface area contributed by atoms with Crippen LogP contribution in [0.1, 0.15) is 11.1 Å². The maximum absolute atomic E-state index is 10.5. The molecular formula is C44H26N4. The Hall–Kier alpha value is -6.88. The zero-order valence-corrected chi connectivity index (χ0v) is 25.8. The van der Waals surface area contributed by atoms with Gasteiger partial charge < -0.3 is 9.13 Å². The lowest BCUT2D eigenvalue weighted by Crippen LogP contribution is -2.00. The van der Waals surface area contributed by atoms with E-state index in [2.05, 4.69) is 124 Å². The molecule has 0 radical (unpaired) electrons. The van der Waals surface area contributed by atoms with Gasteiger partial charge in [-0.15, -0.1) is 0 Å². The Balaban J connectivity index is 1.18. The highest BCUT2D eigenvalue weighted by Crippen LogP contribution is 2.40. The second kappa shape index (κ2) is 10.9. The maximum Gasteiger partial charge on any atom is 0.0998 e. The van der Waals surface area contributed by atoms with E-state index in [0.717, 1.165) is 66.5 Å². The molecular weight excluding hydrogens is 585 g/mol. The summed E-state index contributed by atoms with van der Waals surface area (Å²) in [5.41, 5.74) is 10.8. The number of fused-ring (bicyclic) bond motifs is 6. The first-order chi connectivity index (χ1) is 23.7. The van der Waals surface area contributed by atoms with E-state index in [1.54, 1.807) is 0 Å². The van der Waals surface area contributed by atoms with Crippen LogP contribution >= 0.6 is 0 Å². The van der Waals surface area contributed by atoms with Crippen LogP contribution in [-0.4, -0.2) is 9.13 Å². The predicted molar refractivity (Wildman–Crippen MR) is 195 cm³/mol. The van der Waals surface area contributed by atoms with Crippen LogP contribution in [0.25, 0.3) is 77.2 Å². The Kier molecular flexibility index (Phi) is 6.22. The van der Waals surface area contributed by atoms with Gasteiger partial charge >= 0.3 is 0 Å². The first-order valence-corrected chi connectivity index (χ1v) is 15.9. The van der Waals surface area contributed by atoms with E-state index >= 15 is 0 Å². The van der Waals surface area contributed by atoms with Gasteiger partial charge in [0, 0.05) is 38.4 Å². The molecule has 2 heterocycles. The second-order valence-corrected chi connectivity index (χ2v) is 12.0. The summed E-state index contributed by atoms with van der Waals surface area (Å²) >= 11 is 0. The van der Waals surface area contributed by atoms with E-state index in [0.29, 0.717) is 11.1 Å². The van der Waals surface area contributed by atoms with Crippen molar-refractivity contribution >= 4 is 43.6 Å².